The number of benzene rings is 1. The van der Waals surface area contributed by atoms with Crippen LogP contribution in [0, 0.1) is 0 Å². The Balaban J connectivity index is 2.50. The Bertz CT molecular complexity index is 918. The van der Waals surface area contributed by atoms with Gasteiger partial charge in [0.1, 0.15) is 10.6 Å². The molecular weight excluding hydrogens is 394 g/mol. The van der Waals surface area contributed by atoms with Gasteiger partial charge in [0.15, 0.2) is 21.4 Å². The number of hydrogen-bond acceptors (Lipinski definition) is 7. The van der Waals surface area contributed by atoms with Crippen molar-refractivity contribution in [3.8, 4) is 5.75 Å². The molecule has 2 rings (SSSR count). The van der Waals surface area contributed by atoms with Crippen LogP contribution in [0.2, 0.25) is 5.02 Å². The topological polar surface area (TPSA) is 104 Å². The van der Waals surface area contributed by atoms with Gasteiger partial charge in [0.05, 0.1) is 17.2 Å². The summed E-state index contributed by atoms with van der Waals surface area (Å²) >= 11 is 6.09. The summed E-state index contributed by atoms with van der Waals surface area (Å²) in [7, 11) is -4.02. The third-order valence-corrected chi connectivity index (χ3v) is 5.78. The van der Waals surface area contributed by atoms with Crippen molar-refractivity contribution in [2.24, 2.45) is 0 Å². The molecule has 8 nitrogen and oxygen atoms in total. The lowest BCUT2D eigenvalue weighted by atomic mass is 10.1. The van der Waals surface area contributed by atoms with Crippen molar-refractivity contribution >= 4 is 27.2 Å². The van der Waals surface area contributed by atoms with Gasteiger partial charge in [-0.3, -0.25) is 4.79 Å². The van der Waals surface area contributed by atoms with E-state index in [4.69, 9.17) is 11.6 Å². The van der Waals surface area contributed by atoms with Crippen molar-refractivity contribution < 1.29 is 26.7 Å². The first-order valence-corrected chi connectivity index (χ1v) is 9.52. The lowest BCUT2D eigenvalue weighted by Gasteiger charge is -2.14. The molecule has 1 heterocycles. The maximum atomic E-state index is 12.6. The number of nitrogens with zero attached hydrogens (tertiary/aromatic N) is 4. The summed E-state index contributed by atoms with van der Waals surface area (Å²) in [6, 6.07) is 2.12. The molecule has 12 heteroatoms. The van der Waals surface area contributed by atoms with E-state index in [0.717, 1.165) is 12.1 Å². The first-order chi connectivity index (χ1) is 12.2. The van der Waals surface area contributed by atoms with Gasteiger partial charge in [-0.2, -0.15) is 8.78 Å². The Morgan fingerprint density at radius 2 is 2.04 bits per heavy atom. The summed E-state index contributed by atoms with van der Waals surface area (Å²) in [5.74, 6) is -1.31. The Morgan fingerprint density at radius 3 is 2.62 bits per heavy atom. The molecule has 0 saturated carbocycles. The van der Waals surface area contributed by atoms with Crippen molar-refractivity contribution in [1.29, 1.82) is 0 Å². The summed E-state index contributed by atoms with van der Waals surface area (Å²) < 4.78 is 55.3. The normalized spacial score (nSPS) is 11.8. The number of aryl methyl sites for hydroxylation is 1. The molecule has 1 aromatic heterocycles. The van der Waals surface area contributed by atoms with E-state index in [1.54, 1.807) is 6.92 Å². The van der Waals surface area contributed by atoms with E-state index in [1.807, 2.05) is 0 Å². The molecule has 142 valence electrons. The van der Waals surface area contributed by atoms with Crippen LogP contribution in [0.15, 0.2) is 17.0 Å². The second kappa shape index (κ2) is 8.04. The number of hydrogen-bond donors (Lipinski definition) is 0. The molecule has 0 spiro atoms. The van der Waals surface area contributed by atoms with E-state index < -0.39 is 43.7 Å². The van der Waals surface area contributed by atoms with Crippen molar-refractivity contribution in [3.63, 3.8) is 0 Å². The zero-order valence-electron chi connectivity index (χ0n) is 13.8. The smallest absolute Gasteiger partial charge is 0.387 e. The van der Waals surface area contributed by atoms with Crippen LogP contribution in [0.5, 0.6) is 5.75 Å². The first-order valence-electron chi connectivity index (χ1n) is 7.49. The second-order valence-corrected chi connectivity index (χ2v) is 7.64. The van der Waals surface area contributed by atoms with Crippen molar-refractivity contribution in [1.82, 2.24) is 20.2 Å². The molecule has 2 aromatic rings. The Morgan fingerprint density at radius 1 is 1.35 bits per heavy atom. The lowest BCUT2D eigenvalue weighted by molar-refractivity contribution is -0.0517. The fourth-order valence-electron chi connectivity index (χ4n) is 2.21. The number of carbonyl (C=O) groups is 1. The van der Waals surface area contributed by atoms with E-state index in [2.05, 4.69) is 20.3 Å². The summed E-state index contributed by atoms with van der Waals surface area (Å²) in [6.07, 6.45) is -0.235. The van der Waals surface area contributed by atoms with Crippen LogP contribution in [-0.2, 0) is 22.8 Å². The van der Waals surface area contributed by atoms with Crippen LogP contribution in [0.4, 0.5) is 8.78 Å². The molecule has 26 heavy (non-hydrogen) atoms. The van der Waals surface area contributed by atoms with Crippen LogP contribution in [0.3, 0.4) is 0 Å². The largest absolute Gasteiger partial charge is 0.433 e. The minimum atomic E-state index is -4.02. The van der Waals surface area contributed by atoms with Crippen LogP contribution in [-0.4, -0.2) is 46.8 Å². The van der Waals surface area contributed by atoms with E-state index in [9.17, 15) is 22.0 Å². The van der Waals surface area contributed by atoms with Gasteiger partial charge in [-0.1, -0.05) is 18.5 Å². The fraction of sp³-hybridized carbons (Fsp3) is 0.429. The number of carbonyl (C=O) groups excluding carboxylic acids is 1. The maximum Gasteiger partial charge on any atom is 0.387 e. The molecule has 0 fully saturated rings. The third-order valence-electron chi connectivity index (χ3n) is 3.49. The second-order valence-electron chi connectivity index (χ2n) is 5.05. The van der Waals surface area contributed by atoms with Gasteiger partial charge in [0.2, 0.25) is 0 Å². The summed E-state index contributed by atoms with van der Waals surface area (Å²) in [5, 5.41) is 10.4. The van der Waals surface area contributed by atoms with Gasteiger partial charge in [0, 0.05) is 12.1 Å². The number of alkyl halides is 2. The summed E-state index contributed by atoms with van der Waals surface area (Å²) in [4.78, 5) is 11.9. The Labute approximate surface area is 153 Å². The average molecular weight is 409 g/mol. The van der Waals surface area contributed by atoms with Crippen molar-refractivity contribution in [2.45, 2.75) is 38.3 Å². The van der Waals surface area contributed by atoms with Crippen LogP contribution < -0.4 is 4.74 Å². The molecule has 0 radical (unpaired) electrons. The molecule has 1 aromatic carbocycles. The quantitative estimate of drug-likeness (QED) is 0.616. The number of ketones is 1. The fourth-order valence-corrected chi connectivity index (χ4v) is 3.92. The van der Waals surface area contributed by atoms with Gasteiger partial charge in [-0.25, -0.2) is 13.1 Å². The predicted molar refractivity (Wildman–Crippen MR) is 87.3 cm³/mol. The van der Waals surface area contributed by atoms with Crippen molar-refractivity contribution in [2.75, 3.05) is 5.75 Å². The van der Waals surface area contributed by atoms with Gasteiger partial charge >= 0.3 is 6.61 Å². The van der Waals surface area contributed by atoms with E-state index in [1.165, 1.54) is 11.6 Å². The highest BCUT2D eigenvalue weighted by Gasteiger charge is 2.28. The van der Waals surface area contributed by atoms with E-state index in [0.29, 0.717) is 6.54 Å². The molecular formula is C14H15ClF2N4O4S. The van der Waals surface area contributed by atoms with Crippen molar-refractivity contribution in [3.05, 3.63) is 28.5 Å². The van der Waals surface area contributed by atoms with E-state index in [-0.39, 0.29) is 17.8 Å². The van der Waals surface area contributed by atoms with E-state index >= 15 is 0 Å². The minimum absolute atomic E-state index is 0.147. The zero-order valence-corrected chi connectivity index (χ0v) is 15.4. The predicted octanol–water partition coefficient (Wildman–Crippen LogP) is 2.17. The number of tetrazole rings is 1. The molecule has 0 aliphatic carbocycles. The number of halogens is 3. The Hall–Kier alpha value is -2.14. The summed E-state index contributed by atoms with van der Waals surface area (Å²) in [6.45, 7) is 0.286. The van der Waals surface area contributed by atoms with Gasteiger partial charge in [0.25, 0.3) is 0 Å². The highest BCUT2D eigenvalue weighted by Crippen LogP contribution is 2.36. The molecule has 0 amide bonds. The molecule has 0 aliphatic rings. The minimum Gasteiger partial charge on any atom is -0.433 e. The molecule has 0 unspecified atom stereocenters. The van der Waals surface area contributed by atoms with Crippen LogP contribution >= 0.6 is 11.6 Å². The third kappa shape index (κ3) is 4.15. The number of rotatable bonds is 8. The summed E-state index contributed by atoms with van der Waals surface area (Å²) in [5.41, 5.74) is -0.147. The lowest BCUT2D eigenvalue weighted by Crippen LogP contribution is -2.15. The Kier molecular flexibility index (Phi) is 6.24. The number of aromatic nitrogens is 4. The van der Waals surface area contributed by atoms with Crippen LogP contribution in [0.1, 0.15) is 30.0 Å². The highest BCUT2D eigenvalue weighted by molar-refractivity contribution is 7.91. The standard InChI is InChI=1S/C14H15ClF2N4O4S/c1-3-21-11(18-19-20-21)7-9(22)8-5-6-10(25-14(16)17)13(12(8)15)26(23,24)4-2/h5-6,14H,3-4,7H2,1-2H3. The number of ether oxygens (including phenoxy) is 1. The monoisotopic (exact) mass is 408 g/mol. The highest BCUT2D eigenvalue weighted by atomic mass is 35.5. The average Bonchev–Trinajstić information content (AvgIpc) is 3.01. The molecule has 0 aliphatic heterocycles. The van der Waals surface area contributed by atoms with Crippen LogP contribution in [0.25, 0.3) is 0 Å². The van der Waals surface area contributed by atoms with Gasteiger partial charge < -0.3 is 4.74 Å². The van der Waals surface area contributed by atoms with Gasteiger partial charge in [-0.05, 0) is 29.5 Å². The number of sulfone groups is 1. The first kappa shape index (κ1) is 20.2. The zero-order chi connectivity index (χ0) is 19.5. The molecule has 0 N–H and O–H groups in total. The SMILES string of the molecule is CCn1nnnc1CC(=O)c1ccc(OC(F)F)c(S(=O)(=O)CC)c1Cl. The van der Waals surface area contributed by atoms with Gasteiger partial charge in [-0.15, -0.1) is 5.10 Å². The molecule has 0 atom stereocenters. The maximum absolute atomic E-state index is 12.6. The molecule has 0 saturated heterocycles. The molecule has 0 bridgehead atoms. The number of Topliss-reactive ketones (excluding diaryl/α,β-unsaturated/α-hetero) is 1.